The summed E-state index contributed by atoms with van der Waals surface area (Å²) in [5.41, 5.74) is 0. The van der Waals surface area contributed by atoms with E-state index in [9.17, 15) is 0 Å². The highest BCUT2D eigenvalue weighted by Gasteiger charge is 1.98. The molecule has 0 nitrogen and oxygen atoms in total. The maximum atomic E-state index is 5.94. The zero-order valence-corrected chi connectivity index (χ0v) is 8.47. The number of unbranched alkanes of at least 4 members (excludes halogenated alkanes) is 1. The molecule has 0 bridgehead atoms. The first-order valence-corrected chi connectivity index (χ1v) is 5.77. The number of alkyl halides is 1. The van der Waals surface area contributed by atoms with Gasteiger partial charge in [0, 0.05) is 5.38 Å². The maximum Gasteiger partial charge on any atom is 0.0333 e. The van der Waals surface area contributed by atoms with E-state index < -0.39 is 0 Å². The molecule has 0 rings (SSSR count). The van der Waals surface area contributed by atoms with Crippen molar-refractivity contribution in [2.45, 2.75) is 38.0 Å². The SMILES string of the molecule is CCC(Cl)CCCCSC. The van der Waals surface area contributed by atoms with E-state index in [2.05, 4.69) is 13.2 Å². The van der Waals surface area contributed by atoms with E-state index in [0.717, 1.165) is 6.42 Å². The zero-order chi connectivity index (χ0) is 7.82. The zero-order valence-electron chi connectivity index (χ0n) is 6.90. The Balaban J connectivity index is 2.89. The normalized spacial score (nSPS) is 13.5. The van der Waals surface area contributed by atoms with Crippen LogP contribution in [0.25, 0.3) is 0 Å². The molecule has 10 heavy (non-hydrogen) atoms. The highest BCUT2D eigenvalue weighted by atomic mass is 35.5. The molecule has 0 heterocycles. The Hall–Kier alpha value is 0.640. The van der Waals surface area contributed by atoms with Gasteiger partial charge in [-0.1, -0.05) is 13.3 Å². The van der Waals surface area contributed by atoms with Gasteiger partial charge >= 0.3 is 0 Å². The van der Waals surface area contributed by atoms with Crippen molar-refractivity contribution in [1.82, 2.24) is 0 Å². The first-order valence-electron chi connectivity index (χ1n) is 3.94. The van der Waals surface area contributed by atoms with E-state index in [1.54, 1.807) is 0 Å². The van der Waals surface area contributed by atoms with E-state index in [-0.39, 0.29) is 0 Å². The molecule has 0 N–H and O–H groups in total. The van der Waals surface area contributed by atoms with Crippen LogP contribution >= 0.6 is 23.4 Å². The fourth-order valence-corrected chi connectivity index (χ4v) is 1.46. The van der Waals surface area contributed by atoms with E-state index >= 15 is 0 Å². The van der Waals surface area contributed by atoms with Crippen molar-refractivity contribution in [1.29, 1.82) is 0 Å². The van der Waals surface area contributed by atoms with Gasteiger partial charge in [0.1, 0.15) is 0 Å². The van der Waals surface area contributed by atoms with Gasteiger partial charge in [-0.15, -0.1) is 11.6 Å². The second-order valence-corrected chi connectivity index (χ2v) is 4.10. The lowest BCUT2D eigenvalue weighted by Crippen LogP contribution is -1.95. The van der Waals surface area contributed by atoms with Crippen LogP contribution in [0.5, 0.6) is 0 Å². The fraction of sp³-hybridized carbons (Fsp3) is 1.00. The third-order valence-corrected chi connectivity index (χ3v) is 2.78. The van der Waals surface area contributed by atoms with Crippen molar-refractivity contribution in [2.75, 3.05) is 12.0 Å². The van der Waals surface area contributed by atoms with Crippen LogP contribution in [0.2, 0.25) is 0 Å². The molecule has 2 heteroatoms. The van der Waals surface area contributed by atoms with Crippen molar-refractivity contribution in [3.8, 4) is 0 Å². The second kappa shape index (κ2) is 7.74. The summed E-state index contributed by atoms with van der Waals surface area (Å²) in [5.74, 6) is 1.29. The number of hydrogen-bond donors (Lipinski definition) is 0. The summed E-state index contributed by atoms with van der Waals surface area (Å²) >= 11 is 7.86. The van der Waals surface area contributed by atoms with Gasteiger partial charge in [-0.2, -0.15) is 11.8 Å². The average Bonchev–Trinajstić information content (AvgIpc) is 1.98. The fourth-order valence-electron chi connectivity index (χ4n) is 0.816. The number of halogens is 1. The van der Waals surface area contributed by atoms with Crippen molar-refractivity contribution in [3.05, 3.63) is 0 Å². The Morgan fingerprint density at radius 3 is 2.60 bits per heavy atom. The molecule has 0 aliphatic carbocycles. The van der Waals surface area contributed by atoms with Crippen LogP contribution in [0.4, 0.5) is 0 Å². The van der Waals surface area contributed by atoms with Crippen molar-refractivity contribution in [3.63, 3.8) is 0 Å². The second-order valence-electron chi connectivity index (χ2n) is 2.49. The monoisotopic (exact) mass is 180 g/mol. The van der Waals surface area contributed by atoms with Crippen LogP contribution in [-0.2, 0) is 0 Å². The van der Waals surface area contributed by atoms with Crippen molar-refractivity contribution >= 4 is 23.4 Å². The van der Waals surface area contributed by atoms with Crippen LogP contribution in [0.3, 0.4) is 0 Å². The largest absolute Gasteiger partial charge is 0.165 e. The lowest BCUT2D eigenvalue weighted by Gasteiger charge is -2.03. The minimum absolute atomic E-state index is 0.418. The Morgan fingerprint density at radius 2 is 2.10 bits per heavy atom. The van der Waals surface area contributed by atoms with Gasteiger partial charge in [0.15, 0.2) is 0 Å². The van der Waals surface area contributed by atoms with E-state index in [1.807, 2.05) is 11.8 Å². The molecule has 0 aromatic carbocycles. The molecule has 0 aliphatic rings. The molecule has 1 atom stereocenters. The van der Waals surface area contributed by atoms with Crippen LogP contribution in [0.1, 0.15) is 32.6 Å². The van der Waals surface area contributed by atoms with E-state index in [1.165, 1.54) is 25.0 Å². The quantitative estimate of drug-likeness (QED) is 0.445. The Kier molecular flexibility index (Phi) is 8.24. The molecule has 0 fully saturated rings. The predicted molar refractivity (Wildman–Crippen MR) is 52.2 cm³/mol. The lowest BCUT2D eigenvalue weighted by molar-refractivity contribution is 0.667. The van der Waals surface area contributed by atoms with Gasteiger partial charge in [-0.3, -0.25) is 0 Å². The van der Waals surface area contributed by atoms with Crippen LogP contribution in [0.15, 0.2) is 0 Å². The third-order valence-electron chi connectivity index (χ3n) is 1.56. The summed E-state index contributed by atoms with van der Waals surface area (Å²) in [5, 5.41) is 0.418. The Labute approximate surface area is 73.7 Å². The highest BCUT2D eigenvalue weighted by Crippen LogP contribution is 2.11. The highest BCUT2D eigenvalue weighted by molar-refractivity contribution is 7.98. The first kappa shape index (κ1) is 10.6. The topological polar surface area (TPSA) is 0 Å². The predicted octanol–water partition coefficient (Wildman–Crippen LogP) is 3.54. The molecule has 0 radical (unpaired) electrons. The van der Waals surface area contributed by atoms with Crippen LogP contribution in [0, 0.1) is 0 Å². The van der Waals surface area contributed by atoms with Gasteiger partial charge in [0.05, 0.1) is 0 Å². The standard InChI is InChI=1S/C8H17ClS/c1-3-8(9)6-4-5-7-10-2/h8H,3-7H2,1-2H3. The number of thioether (sulfide) groups is 1. The Bertz CT molecular complexity index is 66.3. The van der Waals surface area contributed by atoms with Gasteiger partial charge in [0.25, 0.3) is 0 Å². The summed E-state index contributed by atoms with van der Waals surface area (Å²) in [6, 6.07) is 0. The van der Waals surface area contributed by atoms with Gasteiger partial charge in [0.2, 0.25) is 0 Å². The lowest BCUT2D eigenvalue weighted by atomic mass is 10.2. The molecule has 0 spiro atoms. The summed E-state index contributed by atoms with van der Waals surface area (Å²) in [6.45, 7) is 2.15. The van der Waals surface area contributed by atoms with Gasteiger partial charge in [-0.25, -0.2) is 0 Å². The summed E-state index contributed by atoms with van der Waals surface area (Å²) in [4.78, 5) is 0. The summed E-state index contributed by atoms with van der Waals surface area (Å²) in [6.07, 6.45) is 7.07. The minimum atomic E-state index is 0.418. The van der Waals surface area contributed by atoms with Crippen molar-refractivity contribution < 1.29 is 0 Å². The third kappa shape index (κ3) is 6.76. The molecule has 0 aliphatic heterocycles. The number of rotatable bonds is 6. The molecular weight excluding hydrogens is 164 g/mol. The van der Waals surface area contributed by atoms with E-state index in [4.69, 9.17) is 11.6 Å². The molecule has 62 valence electrons. The van der Waals surface area contributed by atoms with Crippen LogP contribution in [-0.4, -0.2) is 17.4 Å². The minimum Gasteiger partial charge on any atom is -0.165 e. The van der Waals surface area contributed by atoms with Crippen molar-refractivity contribution in [2.24, 2.45) is 0 Å². The average molecular weight is 181 g/mol. The molecule has 0 aromatic rings. The summed E-state index contributed by atoms with van der Waals surface area (Å²) in [7, 11) is 0. The molecule has 1 unspecified atom stereocenters. The smallest absolute Gasteiger partial charge is 0.0333 e. The maximum absolute atomic E-state index is 5.94. The Morgan fingerprint density at radius 1 is 1.40 bits per heavy atom. The van der Waals surface area contributed by atoms with Crippen LogP contribution < -0.4 is 0 Å². The van der Waals surface area contributed by atoms with E-state index in [0.29, 0.717) is 5.38 Å². The molecule has 0 aromatic heterocycles. The molecule has 0 amide bonds. The first-order chi connectivity index (χ1) is 4.81. The van der Waals surface area contributed by atoms with Gasteiger partial charge < -0.3 is 0 Å². The van der Waals surface area contributed by atoms with Gasteiger partial charge in [-0.05, 0) is 31.3 Å². The summed E-state index contributed by atoms with van der Waals surface area (Å²) < 4.78 is 0. The molecule has 0 saturated heterocycles. The molecular formula is C8H17ClS. The number of hydrogen-bond acceptors (Lipinski definition) is 1. The molecule has 0 saturated carbocycles.